The number of nitrogens with zero attached hydrogens (tertiary/aromatic N) is 4. The van der Waals surface area contributed by atoms with E-state index in [1.165, 1.54) is 34.7 Å². The van der Waals surface area contributed by atoms with E-state index in [0.29, 0.717) is 20.6 Å². The molecule has 32 heavy (non-hydrogen) atoms. The molecular formula is C22H15ClN4O3S2. The monoisotopic (exact) mass is 482 g/mol. The lowest BCUT2D eigenvalue weighted by Crippen LogP contribution is -2.23. The molecule has 0 aliphatic carbocycles. The summed E-state index contributed by atoms with van der Waals surface area (Å²) in [5.74, 6) is -0.428. The van der Waals surface area contributed by atoms with Crippen molar-refractivity contribution in [3.8, 4) is 0 Å². The van der Waals surface area contributed by atoms with Crippen LogP contribution in [-0.2, 0) is 4.79 Å². The molecule has 4 rings (SSSR count). The van der Waals surface area contributed by atoms with Crippen LogP contribution in [0.1, 0.15) is 16.0 Å². The number of carbonyl (C=O) groups excluding carboxylic acids is 1. The molecule has 0 saturated heterocycles. The van der Waals surface area contributed by atoms with Gasteiger partial charge in [-0.15, -0.1) is 0 Å². The minimum Gasteiger partial charge on any atom is -0.267 e. The molecule has 0 atom stereocenters. The van der Waals surface area contributed by atoms with Gasteiger partial charge in [0, 0.05) is 17.2 Å². The van der Waals surface area contributed by atoms with Gasteiger partial charge in [0.1, 0.15) is 0 Å². The highest BCUT2D eigenvalue weighted by molar-refractivity contribution is 7.22. The van der Waals surface area contributed by atoms with Crippen LogP contribution < -0.4 is 5.01 Å². The average Bonchev–Trinajstić information content (AvgIpc) is 3.40. The van der Waals surface area contributed by atoms with Crippen molar-refractivity contribution in [1.29, 1.82) is 0 Å². The zero-order chi connectivity index (χ0) is 22.7. The van der Waals surface area contributed by atoms with Crippen molar-refractivity contribution in [2.24, 2.45) is 5.10 Å². The molecule has 0 radical (unpaired) electrons. The van der Waals surface area contributed by atoms with Gasteiger partial charge in [0.15, 0.2) is 0 Å². The van der Waals surface area contributed by atoms with Crippen LogP contribution in [0.25, 0.3) is 16.3 Å². The molecule has 0 N–H and O–H groups in total. The Hall–Kier alpha value is -3.40. The quantitative estimate of drug-likeness (QED) is 0.139. The molecule has 160 valence electrons. The summed E-state index contributed by atoms with van der Waals surface area (Å²) in [6, 6.07) is 16.0. The molecule has 10 heteroatoms. The van der Waals surface area contributed by atoms with E-state index in [1.54, 1.807) is 30.3 Å². The van der Waals surface area contributed by atoms with Crippen LogP contribution in [0.4, 0.5) is 10.1 Å². The normalized spacial score (nSPS) is 11.6. The third-order valence-electron chi connectivity index (χ3n) is 4.33. The first-order chi connectivity index (χ1) is 15.4. The summed E-state index contributed by atoms with van der Waals surface area (Å²) in [7, 11) is 0. The summed E-state index contributed by atoms with van der Waals surface area (Å²) >= 11 is 8.48. The third-order valence-corrected chi connectivity index (χ3v) is 6.64. The Kier molecular flexibility index (Phi) is 6.40. The van der Waals surface area contributed by atoms with E-state index in [9.17, 15) is 14.9 Å². The molecule has 2 aromatic heterocycles. The molecule has 0 aliphatic rings. The summed E-state index contributed by atoms with van der Waals surface area (Å²) in [4.78, 5) is 28.6. The van der Waals surface area contributed by atoms with Crippen LogP contribution in [0.5, 0.6) is 0 Å². The summed E-state index contributed by atoms with van der Waals surface area (Å²) in [6.07, 6.45) is 4.39. The fourth-order valence-electron chi connectivity index (χ4n) is 2.78. The molecular weight excluding hydrogens is 468 g/mol. The van der Waals surface area contributed by atoms with Gasteiger partial charge in [0.2, 0.25) is 5.13 Å². The van der Waals surface area contributed by atoms with Crippen LogP contribution in [0.15, 0.2) is 65.8 Å². The number of rotatable bonds is 6. The Morgan fingerprint density at radius 3 is 2.75 bits per heavy atom. The second kappa shape index (κ2) is 9.39. The molecule has 1 amide bonds. The second-order valence-electron chi connectivity index (χ2n) is 6.65. The summed E-state index contributed by atoms with van der Waals surface area (Å²) in [5, 5.41) is 17.3. The van der Waals surface area contributed by atoms with Gasteiger partial charge < -0.3 is 0 Å². The lowest BCUT2D eigenvalue weighted by atomic mass is 10.2. The standard InChI is InChI=1S/C22H15ClN4O3S2/c1-14-6-9-18-19(12-14)32-22(25-18)26(24-13-16-8-11-21(31-16)27(29)30)20(28)10-7-15-4-2-3-5-17(15)23/h2-13H,1H3/b10-7+,24-13+. The number of halogens is 1. The molecule has 2 heterocycles. The number of benzene rings is 2. The number of thiazole rings is 1. The molecule has 7 nitrogen and oxygen atoms in total. The van der Waals surface area contributed by atoms with E-state index in [4.69, 9.17) is 11.6 Å². The van der Waals surface area contributed by atoms with Gasteiger partial charge in [-0.3, -0.25) is 14.9 Å². The number of anilines is 1. The fraction of sp³-hybridized carbons (Fsp3) is 0.0455. The van der Waals surface area contributed by atoms with E-state index in [1.807, 2.05) is 31.2 Å². The van der Waals surface area contributed by atoms with E-state index in [0.717, 1.165) is 27.1 Å². The highest BCUT2D eigenvalue weighted by Gasteiger charge is 2.18. The zero-order valence-corrected chi connectivity index (χ0v) is 19.0. The zero-order valence-electron chi connectivity index (χ0n) is 16.6. The second-order valence-corrected chi connectivity index (χ2v) is 9.16. The molecule has 0 unspecified atom stereocenters. The maximum atomic E-state index is 13.1. The Morgan fingerprint density at radius 2 is 2.00 bits per heavy atom. The van der Waals surface area contributed by atoms with Gasteiger partial charge in [-0.1, -0.05) is 58.5 Å². The SMILES string of the molecule is Cc1ccc2nc(N(/N=C/c3ccc([N+](=O)[O-])s3)C(=O)/C=C/c3ccccc3Cl)sc2c1. The lowest BCUT2D eigenvalue weighted by molar-refractivity contribution is -0.380. The molecule has 0 fully saturated rings. The minimum atomic E-state index is -0.465. The third kappa shape index (κ3) is 4.91. The first kappa shape index (κ1) is 21.8. The van der Waals surface area contributed by atoms with Crippen molar-refractivity contribution in [3.05, 3.63) is 91.8 Å². The molecule has 0 bridgehead atoms. The first-order valence-corrected chi connectivity index (χ1v) is 11.3. The number of carbonyl (C=O) groups is 1. The molecule has 2 aromatic carbocycles. The highest BCUT2D eigenvalue weighted by Crippen LogP contribution is 2.30. The summed E-state index contributed by atoms with van der Waals surface area (Å²) in [6.45, 7) is 1.98. The van der Waals surface area contributed by atoms with Crippen molar-refractivity contribution in [3.63, 3.8) is 0 Å². The van der Waals surface area contributed by atoms with Gasteiger partial charge in [-0.05, 0) is 48.4 Å². The summed E-state index contributed by atoms with van der Waals surface area (Å²) in [5.41, 5.74) is 2.53. The molecule has 0 aliphatic heterocycles. The Labute approximate surface area is 196 Å². The van der Waals surface area contributed by atoms with Gasteiger partial charge >= 0.3 is 5.00 Å². The number of aryl methyl sites for hydroxylation is 1. The number of hydrogen-bond acceptors (Lipinski definition) is 7. The van der Waals surface area contributed by atoms with Gasteiger partial charge in [-0.25, -0.2) is 4.98 Å². The number of aromatic nitrogens is 1. The topological polar surface area (TPSA) is 88.7 Å². The minimum absolute atomic E-state index is 0.00148. The van der Waals surface area contributed by atoms with Gasteiger partial charge in [-0.2, -0.15) is 10.1 Å². The summed E-state index contributed by atoms with van der Waals surface area (Å²) < 4.78 is 0.926. The molecule has 0 spiro atoms. The highest BCUT2D eigenvalue weighted by atomic mass is 35.5. The van der Waals surface area contributed by atoms with Crippen LogP contribution in [-0.4, -0.2) is 22.0 Å². The average molecular weight is 483 g/mol. The van der Waals surface area contributed by atoms with E-state index < -0.39 is 10.8 Å². The number of hydrogen-bond donors (Lipinski definition) is 0. The van der Waals surface area contributed by atoms with Crippen LogP contribution in [0.3, 0.4) is 0 Å². The van der Waals surface area contributed by atoms with Crippen molar-refractivity contribution in [2.45, 2.75) is 6.92 Å². The van der Waals surface area contributed by atoms with Crippen molar-refractivity contribution in [1.82, 2.24) is 4.98 Å². The molecule has 4 aromatic rings. The van der Waals surface area contributed by atoms with Crippen molar-refractivity contribution in [2.75, 3.05) is 5.01 Å². The van der Waals surface area contributed by atoms with Gasteiger partial charge in [0.25, 0.3) is 5.91 Å². The predicted molar refractivity (Wildman–Crippen MR) is 131 cm³/mol. The molecule has 0 saturated carbocycles. The number of fused-ring (bicyclic) bond motifs is 1. The Balaban J connectivity index is 1.69. The van der Waals surface area contributed by atoms with E-state index in [2.05, 4.69) is 10.1 Å². The lowest BCUT2D eigenvalue weighted by Gasteiger charge is -2.11. The number of hydrazone groups is 1. The number of thiophene rings is 1. The van der Waals surface area contributed by atoms with E-state index >= 15 is 0 Å². The maximum absolute atomic E-state index is 13.1. The maximum Gasteiger partial charge on any atom is 0.324 e. The number of nitro groups is 1. The fourth-order valence-corrected chi connectivity index (χ4v) is 4.69. The van der Waals surface area contributed by atoms with Crippen LogP contribution >= 0.6 is 34.3 Å². The van der Waals surface area contributed by atoms with Crippen LogP contribution in [0.2, 0.25) is 5.02 Å². The predicted octanol–water partition coefficient (Wildman–Crippen LogP) is 6.31. The number of amides is 1. The first-order valence-electron chi connectivity index (χ1n) is 9.33. The van der Waals surface area contributed by atoms with Gasteiger partial charge in [0.05, 0.1) is 26.2 Å². The van der Waals surface area contributed by atoms with Crippen LogP contribution in [0, 0.1) is 17.0 Å². The Bertz CT molecular complexity index is 1380. The van der Waals surface area contributed by atoms with Crippen molar-refractivity contribution < 1.29 is 9.72 Å². The Morgan fingerprint density at radius 1 is 1.19 bits per heavy atom. The van der Waals surface area contributed by atoms with Crippen molar-refractivity contribution >= 4 is 72.8 Å². The largest absolute Gasteiger partial charge is 0.324 e. The smallest absolute Gasteiger partial charge is 0.267 e. The van der Waals surface area contributed by atoms with E-state index in [-0.39, 0.29) is 5.00 Å².